The van der Waals surface area contributed by atoms with Crippen LogP contribution in [-0.2, 0) is 32.5 Å². The quantitative estimate of drug-likeness (QED) is 0.745. The fourth-order valence-electron chi connectivity index (χ4n) is 2.63. The van der Waals surface area contributed by atoms with Crippen LogP contribution in [-0.4, -0.2) is 55.7 Å². The molecule has 1 aromatic rings. The molecule has 0 bridgehead atoms. The lowest BCUT2D eigenvalue weighted by Gasteiger charge is -2.19. The van der Waals surface area contributed by atoms with E-state index in [0.717, 1.165) is 18.7 Å². The lowest BCUT2D eigenvalue weighted by molar-refractivity contribution is -0.118. The van der Waals surface area contributed by atoms with Crippen LogP contribution < -0.4 is 0 Å². The van der Waals surface area contributed by atoms with Gasteiger partial charge in [0, 0.05) is 20.2 Å². The summed E-state index contributed by atoms with van der Waals surface area (Å²) in [5.74, 6) is 0.0592. The number of rotatable bonds is 7. The first-order valence-corrected chi connectivity index (χ1v) is 9.52. The summed E-state index contributed by atoms with van der Waals surface area (Å²) in [5.41, 5.74) is 0.506. The number of ether oxygens (including phenoxy) is 1. The van der Waals surface area contributed by atoms with Gasteiger partial charge in [-0.3, -0.25) is 4.84 Å². The topological polar surface area (TPSA) is 73.7 Å². The van der Waals surface area contributed by atoms with Crippen molar-refractivity contribution in [1.29, 1.82) is 0 Å². The van der Waals surface area contributed by atoms with Crippen LogP contribution in [0.3, 0.4) is 0 Å². The maximum absolute atomic E-state index is 12.7. The first-order chi connectivity index (χ1) is 10.7. The number of imidazole rings is 1. The van der Waals surface area contributed by atoms with Gasteiger partial charge in [-0.2, -0.15) is 5.06 Å². The van der Waals surface area contributed by atoms with Gasteiger partial charge in [-0.05, 0) is 11.8 Å². The monoisotopic (exact) mass is 345 g/mol. The average Bonchev–Trinajstić information content (AvgIpc) is 3.04. The molecular weight excluding hydrogens is 318 g/mol. The van der Waals surface area contributed by atoms with Crippen molar-refractivity contribution < 1.29 is 18.0 Å². The van der Waals surface area contributed by atoms with E-state index < -0.39 is 9.84 Å². The molecular formula is C15H27N3O4S. The molecule has 8 heteroatoms. The molecule has 132 valence electrons. The Kier molecular flexibility index (Phi) is 5.83. The summed E-state index contributed by atoms with van der Waals surface area (Å²) in [6, 6.07) is 0. The molecule has 0 atom stereocenters. The lowest BCUT2D eigenvalue weighted by Crippen LogP contribution is -2.26. The molecule has 2 heterocycles. The zero-order chi connectivity index (χ0) is 17.1. The highest BCUT2D eigenvalue weighted by Gasteiger charge is 2.29. The molecule has 0 aromatic carbocycles. The molecule has 0 spiro atoms. The second-order valence-corrected chi connectivity index (χ2v) is 8.93. The minimum absolute atomic E-state index is 0.0592. The van der Waals surface area contributed by atoms with E-state index in [9.17, 15) is 8.42 Å². The summed E-state index contributed by atoms with van der Waals surface area (Å²) >= 11 is 0. The summed E-state index contributed by atoms with van der Waals surface area (Å²) in [6.07, 6.45) is 2.62. The number of sulfone groups is 1. The van der Waals surface area contributed by atoms with Gasteiger partial charge in [0.2, 0.25) is 15.0 Å². The van der Waals surface area contributed by atoms with Crippen LogP contribution in [0.5, 0.6) is 0 Å². The Morgan fingerprint density at radius 3 is 2.70 bits per heavy atom. The minimum Gasteiger partial charge on any atom is -0.383 e. The third-order valence-electron chi connectivity index (χ3n) is 3.49. The van der Waals surface area contributed by atoms with Gasteiger partial charge in [0.25, 0.3) is 0 Å². The van der Waals surface area contributed by atoms with Gasteiger partial charge in [-0.1, -0.05) is 20.8 Å². The van der Waals surface area contributed by atoms with Gasteiger partial charge in [-0.25, -0.2) is 13.4 Å². The number of methoxy groups -OCH3 is 1. The normalized spacial score (nSPS) is 17.0. The molecule has 0 aliphatic carbocycles. The zero-order valence-electron chi connectivity index (χ0n) is 14.4. The predicted octanol–water partition coefficient (Wildman–Crippen LogP) is 1.49. The van der Waals surface area contributed by atoms with Crippen molar-refractivity contribution in [3.8, 4) is 0 Å². The predicted molar refractivity (Wildman–Crippen MR) is 86.6 cm³/mol. The summed E-state index contributed by atoms with van der Waals surface area (Å²) in [7, 11) is -1.85. The van der Waals surface area contributed by atoms with E-state index >= 15 is 0 Å². The smallest absolute Gasteiger partial charge is 0.227 e. The number of aromatic nitrogens is 2. The fourth-order valence-corrected chi connectivity index (χ4v) is 4.65. The van der Waals surface area contributed by atoms with Crippen molar-refractivity contribution >= 4 is 9.84 Å². The molecule has 1 fully saturated rings. The first-order valence-electron chi connectivity index (χ1n) is 7.87. The Balaban J connectivity index is 2.29. The van der Waals surface area contributed by atoms with E-state index in [0.29, 0.717) is 26.3 Å². The van der Waals surface area contributed by atoms with Crippen molar-refractivity contribution in [3.63, 3.8) is 0 Å². The Morgan fingerprint density at radius 2 is 2.13 bits per heavy atom. The second-order valence-electron chi connectivity index (χ2n) is 7.05. The molecule has 0 N–H and O–H groups in total. The summed E-state index contributed by atoms with van der Waals surface area (Å²) in [5, 5.41) is 1.97. The van der Waals surface area contributed by atoms with Crippen molar-refractivity contribution in [2.45, 2.75) is 45.4 Å². The molecule has 0 unspecified atom stereocenters. The van der Waals surface area contributed by atoms with E-state index in [1.807, 2.05) is 25.8 Å². The fraction of sp³-hybridized carbons (Fsp3) is 0.800. The highest BCUT2D eigenvalue weighted by molar-refractivity contribution is 7.91. The number of hydrogen-bond acceptors (Lipinski definition) is 6. The van der Waals surface area contributed by atoms with Gasteiger partial charge in [-0.15, -0.1) is 0 Å². The maximum atomic E-state index is 12.7. The van der Waals surface area contributed by atoms with Gasteiger partial charge in [0.05, 0.1) is 37.4 Å². The first kappa shape index (κ1) is 18.4. The molecule has 1 aliphatic rings. The third-order valence-corrected chi connectivity index (χ3v) is 5.61. The largest absolute Gasteiger partial charge is 0.383 e. The van der Waals surface area contributed by atoms with E-state index in [1.54, 1.807) is 17.9 Å². The van der Waals surface area contributed by atoms with Crippen molar-refractivity contribution in [3.05, 3.63) is 11.9 Å². The molecule has 0 radical (unpaired) electrons. The van der Waals surface area contributed by atoms with Crippen LogP contribution in [0.1, 0.15) is 32.9 Å². The van der Waals surface area contributed by atoms with E-state index in [-0.39, 0.29) is 16.3 Å². The number of hydrogen-bond donors (Lipinski definition) is 0. The Bertz CT molecular complexity index is 613. The molecule has 1 aromatic heterocycles. The van der Waals surface area contributed by atoms with Crippen LogP contribution in [0.15, 0.2) is 11.4 Å². The maximum Gasteiger partial charge on any atom is 0.227 e. The van der Waals surface area contributed by atoms with Crippen LogP contribution >= 0.6 is 0 Å². The van der Waals surface area contributed by atoms with Crippen molar-refractivity contribution in [2.24, 2.45) is 5.41 Å². The van der Waals surface area contributed by atoms with Gasteiger partial charge < -0.3 is 9.30 Å². The summed E-state index contributed by atoms with van der Waals surface area (Å²) in [6.45, 7) is 8.70. The zero-order valence-corrected chi connectivity index (χ0v) is 15.2. The molecule has 2 rings (SSSR count). The third kappa shape index (κ3) is 5.00. The van der Waals surface area contributed by atoms with E-state index in [1.165, 1.54) is 0 Å². The van der Waals surface area contributed by atoms with E-state index in [2.05, 4.69) is 4.98 Å². The number of nitrogens with zero attached hydrogens (tertiary/aromatic N) is 3. The van der Waals surface area contributed by atoms with Gasteiger partial charge >= 0.3 is 0 Å². The molecule has 7 nitrogen and oxygen atoms in total. The van der Waals surface area contributed by atoms with Gasteiger partial charge in [0.15, 0.2) is 0 Å². The lowest BCUT2D eigenvalue weighted by atomic mass is 10.0. The second kappa shape index (κ2) is 7.29. The molecule has 0 amide bonds. The number of hydroxylamine groups is 2. The highest BCUT2D eigenvalue weighted by Crippen LogP contribution is 2.23. The Labute approximate surface area is 138 Å². The van der Waals surface area contributed by atoms with Crippen LogP contribution in [0.25, 0.3) is 0 Å². The van der Waals surface area contributed by atoms with Gasteiger partial charge in [0.1, 0.15) is 0 Å². The summed E-state index contributed by atoms with van der Waals surface area (Å²) in [4.78, 5) is 9.71. The standard InChI is InChI=1S/C15H27N3O4S/c1-15(2,3)12-23(19,20)14-16-10-13(18(14)7-9-21-4)11-17-6-5-8-22-17/h10H,5-9,11-12H2,1-4H3. The molecule has 1 saturated heterocycles. The van der Waals surface area contributed by atoms with Crippen LogP contribution in [0, 0.1) is 5.41 Å². The molecule has 1 aliphatic heterocycles. The SMILES string of the molecule is COCCn1c(CN2CCCO2)cnc1S(=O)(=O)CC(C)(C)C. The molecule has 23 heavy (non-hydrogen) atoms. The van der Waals surface area contributed by atoms with Crippen molar-refractivity contribution in [2.75, 3.05) is 32.6 Å². The minimum atomic E-state index is -3.45. The van der Waals surface area contributed by atoms with E-state index in [4.69, 9.17) is 9.57 Å². The van der Waals surface area contributed by atoms with Crippen LogP contribution in [0.4, 0.5) is 0 Å². The Morgan fingerprint density at radius 1 is 1.39 bits per heavy atom. The average molecular weight is 345 g/mol. The summed E-state index contributed by atoms with van der Waals surface area (Å²) < 4.78 is 32.3. The Hall–Kier alpha value is -0.960. The molecule has 0 saturated carbocycles. The highest BCUT2D eigenvalue weighted by atomic mass is 32.2. The van der Waals surface area contributed by atoms with Crippen molar-refractivity contribution in [1.82, 2.24) is 14.6 Å². The van der Waals surface area contributed by atoms with Crippen LogP contribution in [0.2, 0.25) is 0 Å².